The van der Waals surface area contributed by atoms with E-state index in [2.05, 4.69) is 19.1 Å². The van der Waals surface area contributed by atoms with Crippen LogP contribution in [0.15, 0.2) is 18.2 Å². The quantitative estimate of drug-likeness (QED) is 0.750. The monoisotopic (exact) mass is 232 g/mol. The molecule has 0 aromatic heterocycles. The molecule has 0 amide bonds. The molecule has 0 spiro atoms. The molecule has 1 fully saturated rings. The lowest BCUT2D eigenvalue weighted by Crippen LogP contribution is -2.13. The Morgan fingerprint density at radius 1 is 1.41 bits per heavy atom. The van der Waals surface area contributed by atoms with Gasteiger partial charge in [-0.15, -0.1) is 0 Å². The average molecular weight is 232 g/mol. The van der Waals surface area contributed by atoms with Gasteiger partial charge in [-0.2, -0.15) is 0 Å². The van der Waals surface area contributed by atoms with Crippen molar-refractivity contribution in [2.24, 2.45) is 5.92 Å². The summed E-state index contributed by atoms with van der Waals surface area (Å²) in [7, 11) is 0. The van der Waals surface area contributed by atoms with E-state index in [0.717, 1.165) is 12.2 Å². The average Bonchev–Trinajstić information content (AvgIpc) is 2.92. The summed E-state index contributed by atoms with van der Waals surface area (Å²) >= 11 is 0. The van der Waals surface area contributed by atoms with E-state index in [1.807, 2.05) is 13.0 Å². The van der Waals surface area contributed by atoms with Gasteiger partial charge in [0.15, 0.2) is 0 Å². The van der Waals surface area contributed by atoms with E-state index in [-0.39, 0.29) is 23.9 Å². The highest BCUT2D eigenvalue weighted by Gasteiger charge is 2.63. The van der Waals surface area contributed by atoms with Gasteiger partial charge in [0.25, 0.3) is 0 Å². The van der Waals surface area contributed by atoms with Crippen LogP contribution in [0, 0.1) is 5.92 Å². The number of para-hydroxylation sites is 1. The maximum atomic E-state index is 11.7. The topological polar surface area (TPSA) is 35.5 Å². The summed E-state index contributed by atoms with van der Waals surface area (Å²) in [6.45, 7) is 4.39. The highest BCUT2D eigenvalue weighted by molar-refractivity contribution is 5.81. The van der Waals surface area contributed by atoms with Crippen molar-refractivity contribution < 1.29 is 14.3 Å². The van der Waals surface area contributed by atoms with Crippen LogP contribution in [0.2, 0.25) is 0 Å². The van der Waals surface area contributed by atoms with Gasteiger partial charge in [-0.1, -0.05) is 25.1 Å². The van der Waals surface area contributed by atoms with E-state index in [4.69, 9.17) is 9.47 Å². The van der Waals surface area contributed by atoms with Crippen molar-refractivity contribution in [3.63, 3.8) is 0 Å². The van der Waals surface area contributed by atoms with E-state index in [1.165, 1.54) is 11.1 Å². The van der Waals surface area contributed by atoms with Gasteiger partial charge < -0.3 is 9.47 Å². The van der Waals surface area contributed by atoms with E-state index in [0.29, 0.717) is 6.61 Å². The largest absolute Gasteiger partial charge is 0.488 e. The minimum Gasteiger partial charge on any atom is -0.488 e. The number of rotatable bonds is 3. The second-order valence-corrected chi connectivity index (χ2v) is 4.58. The van der Waals surface area contributed by atoms with Crippen LogP contribution in [0.3, 0.4) is 0 Å². The Kier molecular flexibility index (Phi) is 2.35. The van der Waals surface area contributed by atoms with Crippen LogP contribution in [0.1, 0.15) is 30.9 Å². The van der Waals surface area contributed by atoms with Gasteiger partial charge in [0, 0.05) is 11.5 Å². The van der Waals surface area contributed by atoms with Crippen LogP contribution in [0.25, 0.3) is 0 Å². The van der Waals surface area contributed by atoms with Crippen molar-refractivity contribution in [1.29, 1.82) is 0 Å². The molecule has 3 nitrogen and oxygen atoms in total. The van der Waals surface area contributed by atoms with E-state index < -0.39 is 0 Å². The number of carbonyl (C=O) groups is 1. The fourth-order valence-corrected chi connectivity index (χ4v) is 2.74. The normalized spacial score (nSPS) is 28.0. The predicted octanol–water partition coefficient (Wildman–Crippen LogP) is 2.29. The zero-order chi connectivity index (χ0) is 12.0. The van der Waals surface area contributed by atoms with Crippen LogP contribution in [0.4, 0.5) is 0 Å². The van der Waals surface area contributed by atoms with E-state index in [1.54, 1.807) is 0 Å². The molecule has 3 heteroatoms. The van der Waals surface area contributed by atoms with Crippen molar-refractivity contribution in [3.8, 4) is 5.75 Å². The van der Waals surface area contributed by atoms with Crippen LogP contribution in [-0.4, -0.2) is 18.7 Å². The van der Waals surface area contributed by atoms with Crippen LogP contribution < -0.4 is 4.74 Å². The Balaban J connectivity index is 1.85. The molecule has 3 rings (SSSR count). The lowest BCUT2D eigenvalue weighted by atomic mass is 10.0. The summed E-state index contributed by atoms with van der Waals surface area (Å²) < 4.78 is 10.9. The van der Waals surface area contributed by atoms with Gasteiger partial charge in [-0.05, 0) is 18.9 Å². The number of benzene rings is 1. The first-order chi connectivity index (χ1) is 8.27. The maximum Gasteiger partial charge on any atom is 0.313 e. The molecular formula is C14H16O3. The minimum atomic E-state index is -0.116. The molecule has 1 aliphatic heterocycles. The van der Waals surface area contributed by atoms with E-state index >= 15 is 0 Å². The first-order valence-electron chi connectivity index (χ1n) is 6.23. The Labute approximate surface area is 101 Å². The summed E-state index contributed by atoms with van der Waals surface area (Å²) in [6.07, 6.45) is 0.990. The van der Waals surface area contributed by atoms with Gasteiger partial charge in [0.2, 0.25) is 0 Å². The molecule has 1 aliphatic carbocycles. The molecule has 1 aromatic rings. The molecule has 2 aliphatic rings. The molecule has 0 saturated heterocycles. The van der Waals surface area contributed by atoms with Crippen molar-refractivity contribution in [2.45, 2.75) is 32.3 Å². The van der Waals surface area contributed by atoms with Crippen molar-refractivity contribution in [3.05, 3.63) is 29.3 Å². The molecular weight excluding hydrogens is 216 g/mol. The highest BCUT2D eigenvalue weighted by Crippen LogP contribution is 2.59. The van der Waals surface area contributed by atoms with Crippen LogP contribution in [-0.2, 0) is 16.0 Å². The van der Waals surface area contributed by atoms with Crippen molar-refractivity contribution >= 4 is 5.97 Å². The first-order valence-corrected chi connectivity index (χ1v) is 6.23. The fraction of sp³-hybridized carbons (Fsp3) is 0.500. The Morgan fingerprint density at radius 3 is 2.94 bits per heavy atom. The standard InChI is InChI=1S/C14H16O3/c1-3-8-6-5-7-9-10-11(14(15)16-4-2)13(10)17-12(8)9/h5-7,10-11,13H,3-4H2,1-2H3/t10-,11-,13-/m0/s1. The molecule has 1 aromatic carbocycles. The van der Waals surface area contributed by atoms with Gasteiger partial charge >= 0.3 is 5.97 Å². The Bertz CT molecular complexity index is 467. The zero-order valence-electron chi connectivity index (χ0n) is 10.1. The Hall–Kier alpha value is -1.51. The molecule has 1 heterocycles. The predicted molar refractivity (Wildman–Crippen MR) is 63.1 cm³/mol. The third kappa shape index (κ3) is 1.45. The molecule has 17 heavy (non-hydrogen) atoms. The lowest BCUT2D eigenvalue weighted by Gasteiger charge is -2.11. The van der Waals surface area contributed by atoms with Crippen molar-refractivity contribution in [2.75, 3.05) is 6.61 Å². The van der Waals surface area contributed by atoms with Crippen LogP contribution >= 0.6 is 0 Å². The smallest absolute Gasteiger partial charge is 0.313 e. The summed E-state index contributed by atoms with van der Waals surface area (Å²) in [4.78, 5) is 11.7. The van der Waals surface area contributed by atoms with Gasteiger partial charge in [0.05, 0.1) is 6.61 Å². The SMILES string of the molecule is CCOC(=O)[C@@H]1[C@H]2Oc3c(CC)cccc3[C@H]21. The molecule has 0 radical (unpaired) electrons. The summed E-state index contributed by atoms with van der Waals surface area (Å²) in [5.74, 6) is 1.05. The lowest BCUT2D eigenvalue weighted by molar-refractivity contribution is -0.145. The number of fused-ring (bicyclic) bond motifs is 3. The van der Waals surface area contributed by atoms with Crippen LogP contribution in [0.5, 0.6) is 5.75 Å². The molecule has 1 saturated carbocycles. The number of carbonyl (C=O) groups excluding carboxylic acids is 1. The third-order valence-corrected chi connectivity index (χ3v) is 3.63. The molecule has 0 N–H and O–H groups in total. The molecule has 3 atom stereocenters. The van der Waals surface area contributed by atoms with Gasteiger partial charge in [-0.25, -0.2) is 0 Å². The number of esters is 1. The fourth-order valence-electron chi connectivity index (χ4n) is 2.74. The van der Waals surface area contributed by atoms with E-state index in [9.17, 15) is 4.79 Å². The number of hydrogen-bond donors (Lipinski definition) is 0. The maximum absolute atomic E-state index is 11.7. The highest BCUT2D eigenvalue weighted by atomic mass is 16.5. The number of aryl methyl sites for hydroxylation is 1. The molecule has 90 valence electrons. The summed E-state index contributed by atoms with van der Waals surface area (Å²) in [5, 5.41) is 0. The van der Waals surface area contributed by atoms with Gasteiger partial charge in [0.1, 0.15) is 17.8 Å². The first kappa shape index (κ1) is 10.6. The molecule has 0 unspecified atom stereocenters. The molecule has 0 bridgehead atoms. The zero-order valence-corrected chi connectivity index (χ0v) is 10.1. The van der Waals surface area contributed by atoms with Crippen molar-refractivity contribution in [1.82, 2.24) is 0 Å². The third-order valence-electron chi connectivity index (χ3n) is 3.63. The summed E-state index contributed by atoms with van der Waals surface area (Å²) in [6, 6.07) is 6.20. The number of hydrogen-bond acceptors (Lipinski definition) is 3. The second-order valence-electron chi connectivity index (χ2n) is 4.58. The Morgan fingerprint density at radius 2 is 2.24 bits per heavy atom. The minimum absolute atomic E-state index is 0.0248. The van der Waals surface area contributed by atoms with Gasteiger partial charge in [-0.3, -0.25) is 4.79 Å². The summed E-state index contributed by atoms with van der Waals surface area (Å²) in [5.41, 5.74) is 2.42. The number of ether oxygens (including phenoxy) is 2. The second kappa shape index (κ2) is 3.76.